The van der Waals surface area contributed by atoms with Crippen LogP contribution in [-0.2, 0) is 16.0 Å². The van der Waals surface area contributed by atoms with E-state index in [0.29, 0.717) is 32.6 Å². The van der Waals surface area contributed by atoms with E-state index in [4.69, 9.17) is 0 Å². The van der Waals surface area contributed by atoms with Gasteiger partial charge in [-0.3, -0.25) is 9.59 Å². The fraction of sp³-hybridized carbons (Fsp3) is 0.417. The molecule has 4 heterocycles. The highest BCUT2D eigenvalue weighted by Crippen LogP contribution is 2.23. The number of piperazine rings is 1. The normalized spacial score (nSPS) is 17.7. The SMILES string of the molecule is O=C(Cc1c[nH]c2ccccc12)N1CCN(C(=O)C2CCN(c3ncccn3)CC2)CC1. The molecular weight excluding hydrogens is 404 g/mol. The first-order valence-electron chi connectivity index (χ1n) is 11.3. The van der Waals surface area contributed by atoms with Crippen LogP contribution in [0.2, 0.25) is 0 Å². The molecule has 8 heteroatoms. The van der Waals surface area contributed by atoms with Crippen molar-refractivity contribution in [2.75, 3.05) is 44.2 Å². The van der Waals surface area contributed by atoms with E-state index in [1.54, 1.807) is 12.4 Å². The molecule has 1 aromatic carbocycles. The van der Waals surface area contributed by atoms with Gasteiger partial charge in [0.05, 0.1) is 6.42 Å². The Morgan fingerprint density at radius 3 is 2.34 bits per heavy atom. The number of amides is 2. The highest BCUT2D eigenvalue weighted by molar-refractivity contribution is 5.89. The average molecular weight is 433 g/mol. The van der Waals surface area contributed by atoms with Crippen molar-refractivity contribution in [3.05, 3.63) is 54.5 Å². The van der Waals surface area contributed by atoms with E-state index in [1.165, 1.54) is 0 Å². The molecule has 0 atom stereocenters. The van der Waals surface area contributed by atoms with Crippen molar-refractivity contribution in [2.45, 2.75) is 19.3 Å². The van der Waals surface area contributed by atoms with E-state index in [1.807, 2.05) is 46.3 Å². The van der Waals surface area contributed by atoms with Crippen LogP contribution in [0.3, 0.4) is 0 Å². The minimum absolute atomic E-state index is 0.0448. The third-order valence-electron chi connectivity index (χ3n) is 6.64. The fourth-order valence-electron chi connectivity index (χ4n) is 4.77. The summed E-state index contributed by atoms with van der Waals surface area (Å²) in [5, 5.41) is 1.10. The summed E-state index contributed by atoms with van der Waals surface area (Å²) in [6, 6.07) is 9.85. The van der Waals surface area contributed by atoms with Crippen LogP contribution in [0.5, 0.6) is 0 Å². The molecule has 0 spiro atoms. The van der Waals surface area contributed by atoms with Crippen molar-refractivity contribution < 1.29 is 9.59 Å². The molecular formula is C24H28N6O2. The lowest BCUT2D eigenvalue weighted by atomic mass is 9.95. The topological polar surface area (TPSA) is 85.4 Å². The van der Waals surface area contributed by atoms with Crippen LogP contribution >= 0.6 is 0 Å². The van der Waals surface area contributed by atoms with Gasteiger partial charge in [0, 0.05) is 74.7 Å². The molecule has 32 heavy (non-hydrogen) atoms. The molecule has 2 aliphatic heterocycles. The highest BCUT2D eigenvalue weighted by Gasteiger charge is 2.32. The molecule has 1 N–H and O–H groups in total. The molecule has 2 fully saturated rings. The summed E-state index contributed by atoms with van der Waals surface area (Å²) in [6.45, 7) is 4.02. The molecule has 0 aliphatic carbocycles. The Bertz CT molecular complexity index is 1080. The molecule has 2 aliphatic rings. The maximum absolute atomic E-state index is 13.0. The summed E-state index contributed by atoms with van der Waals surface area (Å²) < 4.78 is 0. The first kappa shape index (κ1) is 20.5. The smallest absolute Gasteiger partial charge is 0.227 e. The minimum atomic E-state index is 0.0448. The summed E-state index contributed by atoms with van der Waals surface area (Å²) >= 11 is 0. The van der Waals surface area contributed by atoms with Crippen LogP contribution in [0.4, 0.5) is 5.95 Å². The maximum atomic E-state index is 13.0. The molecule has 0 unspecified atom stereocenters. The molecule has 3 aromatic rings. The van der Waals surface area contributed by atoms with Crippen molar-refractivity contribution in [1.29, 1.82) is 0 Å². The summed E-state index contributed by atoms with van der Waals surface area (Å²) in [5.74, 6) is 1.13. The maximum Gasteiger partial charge on any atom is 0.227 e. The number of piperidine rings is 1. The van der Waals surface area contributed by atoms with Gasteiger partial charge in [0.15, 0.2) is 0 Å². The van der Waals surface area contributed by atoms with Gasteiger partial charge in [-0.1, -0.05) is 18.2 Å². The van der Waals surface area contributed by atoms with Crippen molar-refractivity contribution in [1.82, 2.24) is 24.8 Å². The number of nitrogens with one attached hydrogen (secondary N) is 1. The number of benzene rings is 1. The van der Waals surface area contributed by atoms with E-state index in [9.17, 15) is 9.59 Å². The predicted octanol–water partition coefficient (Wildman–Crippen LogP) is 2.09. The van der Waals surface area contributed by atoms with Gasteiger partial charge in [0.1, 0.15) is 0 Å². The number of rotatable bonds is 4. The van der Waals surface area contributed by atoms with Crippen LogP contribution in [0.1, 0.15) is 18.4 Å². The lowest BCUT2D eigenvalue weighted by Gasteiger charge is -2.38. The van der Waals surface area contributed by atoms with Gasteiger partial charge in [0.2, 0.25) is 17.8 Å². The second-order valence-corrected chi connectivity index (χ2v) is 8.55. The number of aromatic amines is 1. The largest absolute Gasteiger partial charge is 0.361 e. The third kappa shape index (κ3) is 4.17. The van der Waals surface area contributed by atoms with Gasteiger partial charge in [0.25, 0.3) is 0 Å². The highest BCUT2D eigenvalue weighted by atomic mass is 16.2. The van der Waals surface area contributed by atoms with Crippen LogP contribution < -0.4 is 4.90 Å². The number of hydrogen-bond acceptors (Lipinski definition) is 5. The third-order valence-corrected chi connectivity index (χ3v) is 6.64. The summed E-state index contributed by atoms with van der Waals surface area (Å²) in [7, 11) is 0. The van der Waals surface area contributed by atoms with E-state index < -0.39 is 0 Å². The molecule has 8 nitrogen and oxygen atoms in total. The average Bonchev–Trinajstić information content (AvgIpc) is 3.27. The zero-order valence-corrected chi connectivity index (χ0v) is 18.1. The van der Waals surface area contributed by atoms with E-state index in [2.05, 4.69) is 19.9 Å². The molecule has 0 bridgehead atoms. The predicted molar refractivity (Wildman–Crippen MR) is 122 cm³/mol. The van der Waals surface area contributed by atoms with Gasteiger partial charge >= 0.3 is 0 Å². The standard InChI is InChI=1S/C24H28N6O2/c31-22(16-19-17-27-21-5-2-1-4-20(19)21)28-12-14-29(15-13-28)23(32)18-6-10-30(11-7-18)24-25-8-3-9-26-24/h1-5,8-9,17-18,27H,6-7,10-16H2. The summed E-state index contributed by atoms with van der Waals surface area (Å²) in [4.78, 5) is 43.7. The monoisotopic (exact) mass is 432 g/mol. The van der Waals surface area contributed by atoms with Crippen LogP contribution in [0.15, 0.2) is 48.9 Å². The van der Waals surface area contributed by atoms with Gasteiger partial charge in [-0.15, -0.1) is 0 Å². The number of aromatic nitrogens is 3. The Hall–Kier alpha value is -3.42. The first-order chi connectivity index (χ1) is 15.7. The molecule has 2 amide bonds. The Balaban J connectivity index is 1.11. The number of carbonyl (C=O) groups excluding carboxylic acids is 2. The Labute approximate surface area is 187 Å². The van der Waals surface area contributed by atoms with Gasteiger partial charge in [-0.25, -0.2) is 9.97 Å². The van der Waals surface area contributed by atoms with E-state index in [0.717, 1.165) is 48.3 Å². The van der Waals surface area contributed by atoms with E-state index >= 15 is 0 Å². The number of carbonyl (C=O) groups is 2. The van der Waals surface area contributed by atoms with Crippen LogP contribution in [0.25, 0.3) is 10.9 Å². The zero-order chi connectivity index (χ0) is 21.9. The van der Waals surface area contributed by atoms with Gasteiger partial charge < -0.3 is 19.7 Å². The number of H-pyrrole nitrogens is 1. The van der Waals surface area contributed by atoms with Crippen molar-refractivity contribution in [3.8, 4) is 0 Å². The number of hydrogen-bond donors (Lipinski definition) is 1. The lowest BCUT2D eigenvalue weighted by molar-refractivity contribution is -0.142. The lowest BCUT2D eigenvalue weighted by Crippen LogP contribution is -2.53. The quantitative estimate of drug-likeness (QED) is 0.682. The van der Waals surface area contributed by atoms with Crippen molar-refractivity contribution in [3.63, 3.8) is 0 Å². The molecule has 2 saturated heterocycles. The summed E-state index contributed by atoms with van der Waals surface area (Å²) in [6.07, 6.45) is 7.44. The second-order valence-electron chi connectivity index (χ2n) is 8.55. The second kappa shape index (κ2) is 8.98. The van der Waals surface area contributed by atoms with Crippen molar-refractivity contribution >= 4 is 28.7 Å². The van der Waals surface area contributed by atoms with E-state index in [-0.39, 0.29) is 17.7 Å². The minimum Gasteiger partial charge on any atom is -0.361 e. The zero-order valence-electron chi connectivity index (χ0n) is 18.1. The van der Waals surface area contributed by atoms with Crippen LogP contribution in [-0.4, -0.2) is 75.8 Å². The fourth-order valence-corrected chi connectivity index (χ4v) is 4.77. The number of para-hydroxylation sites is 1. The van der Waals surface area contributed by atoms with Crippen LogP contribution in [0, 0.1) is 5.92 Å². The number of anilines is 1. The molecule has 5 rings (SSSR count). The molecule has 2 aromatic heterocycles. The molecule has 0 saturated carbocycles. The van der Waals surface area contributed by atoms with Gasteiger partial charge in [-0.2, -0.15) is 0 Å². The Morgan fingerprint density at radius 2 is 1.59 bits per heavy atom. The van der Waals surface area contributed by atoms with Gasteiger partial charge in [-0.05, 0) is 30.5 Å². The summed E-state index contributed by atoms with van der Waals surface area (Å²) in [5.41, 5.74) is 2.08. The number of nitrogens with zero attached hydrogens (tertiary/aromatic N) is 5. The molecule has 166 valence electrons. The number of fused-ring (bicyclic) bond motifs is 1. The van der Waals surface area contributed by atoms with Crippen molar-refractivity contribution in [2.24, 2.45) is 5.92 Å². The molecule has 0 radical (unpaired) electrons. The first-order valence-corrected chi connectivity index (χ1v) is 11.3. The Morgan fingerprint density at radius 1 is 0.906 bits per heavy atom. The Kier molecular flexibility index (Phi) is 5.75.